The number of methoxy groups -OCH3 is 1. The number of carbonyl (C=O) groups excluding carboxylic acids is 1. The Bertz CT molecular complexity index is 415. The van der Waals surface area contributed by atoms with Gasteiger partial charge in [0.25, 0.3) is 0 Å². The second-order valence-electron chi connectivity index (χ2n) is 4.39. The molecule has 0 saturated heterocycles. The molecule has 1 aromatic heterocycles. The third-order valence-electron chi connectivity index (χ3n) is 2.66. The molecule has 1 atom stereocenters. The van der Waals surface area contributed by atoms with E-state index in [1.165, 1.54) is 24.3 Å². The Morgan fingerprint density at radius 2 is 2.32 bits per heavy atom. The predicted octanol–water partition coefficient (Wildman–Crippen LogP) is 0.619. The molecule has 6 heteroatoms. The highest BCUT2D eigenvalue weighted by Crippen LogP contribution is 2.05. The van der Waals surface area contributed by atoms with Crippen molar-refractivity contribution in [3.05, 3.63) is 29.8 Å². The maximum absolute atomic E-state index is 12.9. The van der Waals surface area contributed by atoms with Crippen LogP contribution in [0.1, 0.15) is 12.0 Å². The van der Waals surface area contributed by atoms with Gasteiger partial charge in [0.2, 0.25) is 5.91 Å². The number of aliphatic hydroxyl groups excluding tert-OH is 1. The first kappa shape index (κ1) is 15.5. The molecule has 0 aliphatic rings. The second-order valence-corrected chi connectivity index (χ2v) is 4.39. The van der Waals surface area contributed by atoms with Crippen LogP contribution in [0, 0.1) is 5.82 Å². The molecule has 1 unspecified atom stereocenters. The number of amides is 1. The Morgan fingerprint density at radius 1 is 1.58 bits per heavy atom. The van der Waals surface area contributed by atoms with Crippen molar-refractivity contribution in [3.63, 3.8) is 0 Å². The Hall–Kier alpha value is -1.53. The monoisotopic (exact) mass is 270 g/mol. The van der Waals surface area contributed by atoms with E-state index >= 15 is 0 Å². The number of nitrogens with zero attached hydrogens (tertiary/aromatic N) is 2. The van der Waals surface area contributed by atoms with Crippen molar-refractivity contribution in [2.24, 2.45) is 0 Å². The van der Waals surface area contributed by atoms with Crippen LogP contribution in [0.3, 0.4) is 0 Å². The van der Waals surface area contributed by atoms with Crippen molar-refractivity contribution in [1.82, 2.24) is 9.88 Å². The Balaban J connectivity index is 2.38. The predicted molar refractivity (Wildman–Crippen MR) is 68.0 cm³/mol. The van der Waals surface area contributed by atoms with Crippen molar-refractivity contribution in [3.8, 4) is 0 Å². The van der Waals surface area contributed by atoms with Gasteiger partial charge >= 0.3 is 0 Å². The lowest BCUT2D eigenvalue weighted by Gasteiger charge is -2.20. The van der Waals surface area contributed by atoms with Gasteiger partial charge in [-0.1, -0.05) is 0 Å². The molecule has 0 aromatic carbocycles. The van der Waals surface area contributed by atoms with Crippen molar-refractivity contribution >= 4 is 5.91 Å². The van der Waals surface area contributed by atoms with Crippen LogP contribution in [0.2, 0.25) is 0 Å². The average Bonchev–Trinajstić information content (AvgIpc) is 2.36. The second kappa shape index (κ2) is 7.81. The largest absolute Gasteiger partial charge is 0.389 e. The SMILES string of the molecule is COCC(O)CN(C)C(=O)CCc1cncc(F)c1. The maximum Gasteiger partial charge on any atom is 0.222 e. The molecule has 1 rings (SSSR count). The number of aryl methyl sites for hydroxylation is 1. The number of halogens is 1. The molecule has 0 saturated carbocycles. The highest BCUT2D eigenvalue weighted by Gasteiger charge is 2.13. The van der Waals surface area contributed by atoms with E-state index in [0.29, 0.717) is 12.0 Å². The molecular formula is C13H19FN2O3. The summed E-state index contributed by atoms with van der Waals surface area (Å²) < 4.78 is 17.7. The highest BCUT2D eigenvalue weighted by molar-refractivity contribution is 5.76. The topological polar surface area (TPSA) is 62.7 Å². The van der Waals surface area contributed by atoms with Crippen molar-refractivity contribution < 1.29 is 19.0 Å². The zero-order chi connectivity index (χ0) is 14.3. The lowest BCUT2D eigenvalue weighted by molar-refractivity contribution is -0.131. The number of ether oxygens (including phenoxy) is 1. The van der Waals surface area contributed by atoms with E-state index < -0.39 is 11.9 Å². The number of carbonyl (C=O) groups is 1. The lowest BCUT2D eigenvalue weighted by atomic mass is 10.1. The van der Waals surface area contributed by atoms with Gasteiger partial charge < -0.3 is 14.7 Å². The van der Waals surface area contributed by atoms with E-state index in [1.54, 1.807) is 7.05 Å². The Labute approximate surface area is 112 Å². The molecule has 1 heterocycles. The fraction of sp³-hybridized carbons (Fsp3) is 0.538. The number of hydrogen-bond acceptors (Lipinski definition) is 4. The van der Waals surface area contributed by atoms with Crippen LogP contribution < -0.4 is 0 Å². The van der Waals surface area contributed by atoms with Crippen molar-refractivity contribution in [1.29, 1.82) is 0 Å². The first-order valence-corrected chi connectivity index (χ1v) is 6.03. The van der Waals surface area contributed by atoms with Gasteiger partial charge in [-0.3, -0.25) is 9.78 Å². The van der Waals surface area contributed by atoms with Crippen LogP contribution >= 0.6 is 0 Å². The van der Waals surface area contributed by atoms with Crippen LogP contribution in [0.15, 0.2) is 18.5 Å². The molecule has 0 fully saturated rings. The maximum atomic E-state index is 12.9. The van der Waals surface area contributed by atoms with E-state index in [1.807, 2.05) is 0 Å². The molecular weight excluding hydrogens is 251 g/mol. The molecule has 106 valence electrons. The minimum absolute atomic E-state index is 0.112. The minimum atomic E-state index is -0.699. The van der Waals surface area contributed by atoms with E-state index in [0.717, 1.165) is 6.20 Å². The molecule has 1 amide bonds. The number of aromatic nitrogens is 1. The number of likely N-dealkylation sites (N-methyl/N-ethyl adjacent to an activating group) is 1. The van der Waals surface area contributed by atoms with E-state index in [4.69, 9.17) is 4.74 Å². The highest BCUT2D eigenvalue weighted by atomic mass is 19.1. The van der Waals surface area contributed by atoms with Crippen LogP contribution in [0.4, 0.5) is 4.39 Å². The number of hydrogen-bond donors (Lipinski definition) is 1. The smallest absolute Gasteiger partial charge is 0.222 e. The zero-order valence-corrected chi connectivity index (χ0v) is 11.2. The summed E-state index contributed by atoms with van der Waals surface area (Å²) in [6.07, 6.45) is 2.64. The first-order valence-electron chi connectivity index (χ1n) is 6.03. The van der Waals surface area contributed by atoms with Gasteiger partial charge in [0.05, 0.1) is 18.9 Å². The average molecular weight is 270 g/mol. The van der Waals surface area contributed by atoms with Gasteiger partial charge in [-0.2, -0.15) is 0 Å². The Kier molecular flexibility index (Phi) is 6.38. The molecule has 0 aliphatic carbocycles. The summed E-state index contributed by atoms with van der Waals surface area (Å²) >= 11 is 0. The molecule has 0 bridgehead atoms. The van der Waals surface area contributed by atoms with Crippen LogP contribution in [-0.4, -0.2) is 54.3 Å². The summed E-state index contributed by atoms with van der Waals surface area (Å²) in [5.74, 6) is -0.520. The molecule has 0 spiro atoms. The molecule has 0 aliphatic heterocycles. The fourth-order valence-electron chi connectivity index (χ4n) is 1.70. The van der Waals surface area contributed by atoms with Crippen molar-refractivity contribution in [2.45, 2.75) is 18.9 Å². The van der Waals surface area contributed by atoms with Gasteiger partial charge in [-0.25, -0.2) is 4.39 Å². The summed E-state index contributed by atoms with van der Waals surface area (Å²) in [7, 11) is 3.10. The van der Waals surface area contributed by atoms with E-state index in [-0.39, 0.29) is 25.5 Å². The van der Waals surface area contributed by atoms with E-state index in [9.17, 15) is 14.3 Å². The Morgan fingerprint density at radius 3 is 2.95 bits per heavy atom. The van der Waals surface area contributed by atoms with Crippen LogP contribution in [0.5, 0.6) is 0 Å². The summed E-state index contributed by atoms with van der Waals surface area (Å²) in [6, 6.07) is 1.36. The number of pyridine rings is 1. The van der Waals surface area contributed by atoms with Crippen LogP contribution in [-0.2, 0) is 16.0 Å². The van der Waals surface area contributed by atoms with Gasteiger partial charge in [-0.05, 0) is 18.1 Å². The van der Waals surface area contributed by atoms with Crippen molar-refractivity contribution in [2.75, 3.05) is 27.3 Å². The normalized spacial score (nSPS) is 12.2. The number of aliphatic hydroxyl groups is 1. The minimum Gasteiger partial charge on any atom is -0.389 e. The fourth-order valence-corrected chi connectivity index (χ4v) is 1.70. The van der Waals surface area contributed by atoms with Crippen LogP contribution in [0.25, 0.3) is 0 Å². The molecule has 5 nitrogen and oxygen atoms in total. The van der Waals surface area contributed by atoms with Gasteiger partial charge in [0.1, 0.15) is 5.82 Å². The molecule has 19 heavy (non-hydrogen) atoms. The number of rotatable bonds is 7. The third-order valence-corrected chi connectivity index (χ3v) is 2.66. The quantitative estimate of drug-likeness (QED) is 0.789. The summed E-state index contributed by atoms with van der Waals surface area (Å²) in [5, 5.41) is 9.51. The van der Waals surface area contributed by atoms with Gasteiger partial charge in [0.15, 0.2) is 0 Å². The summed E-state index contributed by atoms with van der Waals surface area (Å²) in [5.41, 5.74) is 0.680. The first-order chi connectivity index (χ1) is 9.02. The molecule has 0 radical (unpaired) electrons. The van der Waals surface area contributed by atoms with E-state index in [2.05, 4.69) is 4.98 Å². The summed E-state index contributed by atoms with van der Waals surface area (Å²) in [6.45, 7) is 0.402. The lowest BCUT2D eigenvalue weighted by Crippen LogP contribution is -2.36. The molecule has 1 aromatic rings. The van der Waals surface area contributed by atoms with Gasteiger partial charge in [0, 0.05) is 33.3 Å². The zero-order valence-electron chi connectivity index (χ0n) is 11.2. The third kappa shape index (κ3) is 5.76. The standard InChI is InChI=1S/C13H19FN2O3/c1-16(8-12(17)9-19-2)13(18)4-3-10-5-11(14)7-15-6-10/h5-7,12,17H,3-4,8-9H2,1-2H3. The van der Waals surface area contributed by atoms with Gasteiger partial charge in [-0.15, -0.1) is 0 Å². The molecule has 1 N–H and O–H groups in total. The summed E-state index contributed by atoms with van der Waals surface area (Å²) in [4.78, 5) is 17.0.